The van der Waals surface area contributed by atoms with E-state index in [4.69, 9.17) is 0 Å². The number of fused-ring (bicyclic) bond motifs is 4. The third kappa shape index (κ3) is 3.16. The van der Waals surface area contributed by atoms with Gasteiger partial charge in [0, 0.05) is 31.6 Å². The molecule has 0 unspecified atom stereocenters. The number of benzene rings is 1. The van der Waals surface area contributed by atoms with Crippen LogP contribution in [-0.4, -0.2) is 54.0 Å². The van der Waals surface area contributed by atoms with Crippen LogP contribution in [0.5, 0.6) is 0 Å². The molecule has 1 aromatic carbocycles. The fraction of sp³-hybridized carbons (Fsp3) is 0.667. The number of amides is 1. The topological polar surface area (TPSA) is 57.7 Å². The first-order valence-corrected chi connectivity index (χ1v) is 12.0. The Bertz CT molecular complexity index is 885. The normalized spacial score (nSPS) is 33.6. The van der Waals surface area contributed by atoms with Gasteiger partial charge in [0.2, 0.25) is 15.9 Å². The molecule has 3 heterocycles. The van der Waals surface area contributed by atoms with Gasteiger partial charge in [-0.25, -0.2) is 17.1 Å². The molecule has 1 aliphatic carbocycles. The molecule has 2 bridgehead atoms. The standard InChI is InChI=1S/C21H27FN2O3S/c22-17-4-1-3-14(9-17)10-20-16-11-15(19-5-2-6-21(25)24(19)20)12-23(13-16)28(26,27)18-7-8-18/h1,3-4,9,15-16,18-20H,2,5-8,10-13H2/t15-,16+,19+,20+/m1/s1. The van der Waals surface area contributed by atoms with E-state index in [1.165, 1.54) is 12.1 Å². The first-order valence-electron chi connectivity index (χ1n) is 10.5. The van der Waals surface area contributed by atoms with Crippen LogP contribution in [0.1, 0.15) is 44.1 Å². The third-order valence-corrected chi connectivity index (χ3v) is 9.43. The number of hydrogen-bond donors (Lipinski definition) is 0. The summed E-state index contributed by atoms with van der Waals surface area (Å²) in [5, 5.41) is -0.197. The van der Waals surface area contributed by atoms with Crippen molar-refractivity contribution < 1.29 is 17.6 Å². The van der Waals surface area contributed by atoms with Crippen LogP contribution in [0.25, 0.3) is 0 Å². The van der Waals surface area contributed by atoms with Gasteiger partial charge in [-0.05, 0) is 68.1 Å². The largest absolute Gasteiger partial charge is 0.336 e. The van der Waals surface area contributed by atoms with E-state index in [-0.39, 0.29) is 40.9 Å². The molecule has 3 saturated heterocycles. The fourth-order valence-corrected chi connectivity index (χ4v) is 7.64. The predicted molar refractivity (Wildman–Crippen MR) is 103 cm³/mol. The van der Waals surface area contributed by atoms with Crippen LogP contribution in [0.4, 0.5) is 4.39 Å². The summed E-state index contributed by atoms with van der Waals surface area (Å²) < 4.78 is 41.3. The Morgan fingerprint density at radius 1 is 1.11 bits per heavy atom. The average Bonchev–Trinajstić information content (AvgIpc) is 3.51. The number of carbonyl (C=O) groups is 1. The molecule has 0 N–H and O–H groups in total. The van der Waals surface area contributed by atoms with Crippen molar-refractivity contribution in [3.8, 4) is 0 Å². The van der Waals surface area contributed by atoms with Crippen LogP contribution < -0.4 is 0 Å². The minimum absolute atomic E-state index is 0.0481. The maximum Gasteiger partial charge on any atom is 0.223 e. The van der Waals surface area contributed by atoms with E-state index in [0.717, 1.165) is 37.7 Å². The van der Waals surface area contributed by atoms with Crippen molar-refractivity contribution in [2.24, 2.45) is 11.8 Å². The van der Waals surface area contributed by atoms with E-state index in [9.17, 15) is 17.6 Å². The molecule has 28 heavy (non-hydrogen) atoms. The van der Waals surface area contributed by atoms with Crippen LogP contribution >= 0.6 is 0 Å². The van der Waals surface area contributed by atoms with Crippen molar-refractivity contribution in [1.82, 2.24) is 9.21 Å². The second-order valence-corrected chi connectivity index (χ2v) is 11.2. The lowest BCUT2D eigenvalue weighted by Crippen LogP contribution is -2.66. The zero-order chi connectivity index (χ0) is 19.5. The molecule has 1 aromatic rings. The first-order chi connectivity index (χ1) is 13.4. The van der Waals surface area contributed by atoms with Gasteiger partial charge in [-0.1, -0.05) is 12.1 Å². The van der Waals surface area contributed by atoms with E-state index in [1.54, 1.807) is 10.4 Å². The first kappa shape index (κ1) is 18.6. The highest BCUT2D eigenvalue weighted by Gasteiger charge is 2.52. The zero-order valence-electron chi connectivity index (χ0n) is 16.0. The van der Waals surface area contributed by atoms with Gasteiger partial charge >= 0.3 is 0 Å². The van der Waals surface area contributed by atoms with Crippen LogP contribution in [-0.2, 0) is 21.2 Å². The maximum absolute atomic E-state index is 13.7. The molecule has 1 amide bonds. The molecule has 0 radical (unpaired) electrons. The minimum Gasteiger partial charge on any atom is -0.336 e. The Morgan fingerprint density at radius 3 is 2.64 bits per heavy atom. The van der Waals surface area contributed by atoms with Gasteiger partial charge in [0.05, 0.1) is 5.25 Å². The Morgan fingerprint density at radius 2 is 1.89 bits per heavy atom. The molecular formula is C21H27FN2O3S. The van der Waals surface area contributed by atoms with Gasteiger partial charge in [-0.2, -0.15) is 0 Å². The Labute approximate surface area is 165 Å². The lowest BCUT2D eigenvalue weighted by molar-refractivity contribution is -0.150. The highest BCUT2D eigenvalue weighted by molar-refractivity contribution is 7.90. The molecule has 152 valence electrons. The summed E-state index contributed by atoms with van der Waals surface area (Å²) in [6, 6.07) is 6.65. The van der Waals surface area contributed by atoms with E-state index in [2.05, 4.69) is 4.90 Å². The molecule has 5 rings (SSSR count). The SMILES string of the molecule is O=C1CCC[C@H]2[C@@H]3C[C@@H](CN(S(=O)(=O)C4CC4)C3)[C@H](Cc3cccc(F)c3)N12. The highest BCUT2D eigenvalue weighted by atomic mass is 32.2. The van der Waals surface area contributed by atoms with Gasteiger partial charge < -0.3 is 4.90 Å². The number of nitrogens with zero attached hydrogens (tertiary/aromatic N) is 2. The quantitative estimate of drug-likeness (QED) is 0.772. The molecule has 7 heteroatoms. The second-order valence-electron chi connectivity index (χ2n) is 8.98. The summed E-state index contributed by atoms with van der Waals surface area (Å²) in [4.78, 5) is 14.9. The van der Waals surface area contributed by atoms with E-state index < -0.39 is 10.0 Å². The van der Waals surface area contributed by atoms with Crippen LogP contribution in [0.3, 0.4) is 0 Å². The Balaban J connectivity index is 1.47. The van der Waals surface area contributed by atoms with Crippen molar-refractivity contribution in [3.05, 3.63) is 35.6 Å². The van der Waals surface area contributed by atoms with E-state index >= 15 is 0 Å². The number of sulfonamides is 1. The number of hydrogen-bond acceptors (Lipinski definition) is 3. The molecule has 5 nitrogen and oxygen atoms in total. The molecule has 1 saturated carbocycles. The number of piperidine rings is 3. The average molecular weight is 407 g/mol. The molecule has 3 aliphatic heterocycles. The van der Waals surface area contributed by atoms with Crippen LogP contribution in [0.15, 0.2) is 24.3 Å². The summed E-state index contributed by atoms with van der Waals surface area (Å²) in [5.74, 6) is 0.259. The van der Waals surface area contributed by atoms with Crippen molar-refractivity contribution in [1.29, 1.82) is 0 Å². The minimum atomic E-state index is -3.22. The number of rotatable bonds is 4. The zero-order valence-corrected chi connectivity index (χ0v) is 16.8. The molecule has 4 atom stereocenters. The summed E-state index contributed by atoms with van der Waals surface area (Å²) in [5.41, 5.74) is 0.878. The smallest absolute Gasteiger partial charge is 0.223 e. The second kappa shape index (κ2) is 6.80. The van der Waals surface area contributed by atoms with Crippen LogP contribution in [0.2, 0.25) is 0 Å². The van der Waals surface area contributed by atoms with E-state index in [0.29, 0.717) is 25.9 Å². The highest BCUT2D eigenvalue weighted by Crippen LogP contribution is 2.44. The summed E-state index contributed by atoms with van der Waals surface area (Å²) in [7, 11) is -3.22. The van der Waals surface area contributed by atoms with Crippen molar-refractivity contribution in [3.63, 3.8) is 0 Å². The van der Waals surface area contributed by atoms with Gasteiger partial charge in [0.15, 0.2) is 0 Å². The molecule has 4 fully saturated rings. The van der Waals surface area contributed by atoms with E-state index in [1.807, 2.05) is 6.07 Å². The van der Waals surface area contributed by atoms with Gasteiger partial charge in [0.1, 0.15) is 5.82 Å². The summed E-state index contributed by atoms with van der Waals surface area (Å²) >= 11 is 0. The van der Waals surface area contributed by atoms with Gasteiger partial charge in [-0.3, -0.25) is 4.79 Å². The molecule has 0 spiro atoms. The van der Waals surface area contributed by atoms with Gasteiger partial charge in [-0.15, -0.1) is 0 Å². The number of carbonyl (C=O) groups excluding carboxylic acids is 1. The number of halogens is 1. The predicted octanol–water partition coefficient (Wildman–Crippen LogP) is 2.56. The molecule has 0 aromatic heterocycles. The Hall–Kier alpha value is -1.47. The van der Waals surface area contributed by atoms with Crippen LogP contribution in [0, 0.1) is 17.7 Å². The summed E-state index contributed by atoms with van der Waals surface area (Å²) in [6.07, 6.45) is 5.49. The monoisotopic (exact) mass is 406 g/mol. The van der Waals surface area contributed by atoms with Crippen molar-refractivity contribution >= 4 is 15.9 Å². The molecular weight excluding hydrogens is 379 g/mol. The summed E-state index contributed by atoms with van der Waals surface area (Å²) in [6.45, 7) is 1.04. The molecule has 4 aliphatic rings. The van der Waals surface area contributed by atoms with Gasteiger partial charge in [0.25, 0.3) is 0 Å². The third-order valence-electron chi connectivity index (χ3n) is 7.10. The van der Waals surface area contributed by atoms with Crippen molar-refractivity contribution in [2.45, 2.75) is 62.3 Å². The maximum atomic E-state index is 13.7. The van der Waals surface area contributed by atoms with Crippen molar-refractivity contribution in [2.75, 3.05) is 13.1 Å². The Kier molecular flexibility index (Phi) is 4.51. The fourth-order valence-electron chi connectivity index (χ4n) is 5.68. The lowest BCUT2D eigenvalue weighted by Gasteiger charge is -2.56. The lowest BCUT2D eigenvalue weighted by atomic mass is 9.71.